The van der Waals surface area contributed by atoms with Crippen LogP contribution in [0.15, 0.2) is 72.9 Å². The molecule has 1 amide bonds. The van der Waals surface area contributed by atoms with E-state index in [0.717, 1.165) is 37.4 Å². The Hall–Kier alpha value is -3.64. The smallest absolute Gasteiger partial charge is 0.257 e. The van der Waals surface area contributed by atoms with E-state index in [1.807, 2.05) is 55.5 Å². The highest BCUT2D eigenvalue weighted by Gasteiger charge is 2.13. The highest BCUT2D eigenvalue weighted by molar-refractivity contribution is 7.21. The molecule has 0 fully saturated rings. The van der Waals surface area contributed by atoms with E-state index in [1.165, 1.54) is 0 Å². The molecule has 0 spiro atoms. The third-order valence-corrected chi connectivity index (χ3v) is 5.72. The van der Waals surface area contributed by atoms with E-state index >= 15 is 0 Å². The van der Waals surface area contributed by atoms with Crippen LogP contribution in [-0.2, 0) is 0 Å². The van der Waals surface area contributed by atoms with Crippen molar-refractivity contribution < 1.29 is 4.79 Å². The van der Waals surface area contributed by atoms with Gasteiger partial charge < -0.3 is 5.32 Å². The van der Waals surface area contributed by atoms with Crippen molar-refractivity contribution in [1.29, 1.82) is 0 Å². The van der Waals surface area contributed by atoms with E-state index in [4.69, 9.17) is 0 Å². The van der Waals surface area contributed by atoms with Crippen LogP contribution in [-0.4, -0.2) is 20.9 Å². The highest BCUT2D eigenvalue weighted by atomic mass is 32.1. The monoisotopic (exact) mass is 396 g/mol. The van der Waals surface area contributed by atoms with Crippen LogP contribution in [0, 0.1) is 6.92 Å². The van der Waals surface area contributed by atoms with Gasteiger partial charge in [-0.1, -0.05) is 30.3 Å². The highest BCUT2D eigenvalue weighted by Crippen LogP contribution is 2.30. The molecule has 0 atom stereocenters. The van der Waals surface area contributed by atoms with Crippen molar-refractivity contribution in [1.82, 2.24) is 15.0 Å². The van der Waals surface area contributed by atoms with E-state index in [-0.39, 0.29) is 5.91 Å². The summed E-state index contributed by atoms with van der Waals surface area (Å²) >= 11 is 1.62. The van der Waals surface area contributed by atoms with Gasteiger partial charge in [-0.05, 0) is 43.3 Å². The number of para-hydroxylation sites is 2. The van der Waals surface area contributed by atoms with Gasteiger partial charge in [0.1, 0.15) is 10.8 Å². The van der Waals surface area contributed by atoms with Gasteiger partial charge >= 0.3 is 0 Å². The lowest BCUT2D eigenvalue weighted by molar-refractivity contribution is 0.102. The Bertz CT molecular complexity index is 1330. The summed E-state index contributed by atoms with van der Waals surface area (Å²) in [6, 6.07) is 21.2. The molecule has 3 aromatic heterocycles. The van der Waals surface area contributed by atoms with E-state index in [1.54, 1.807) is 29.7 Å². The number of rotatable bonds is 3. The molecule has 3 heterocycles. The molecule has 140 valence electrons. The summed E-state index contributed by atoms with van der Waals surface area (Å²) in [6.07, 6.45) is 1.74. The second-order valence-electron chi connectivity index (χ2n) is 6.70. The van der Waals surface area contributed by atoms with Crippen molar-refractivity contribution in [2.24, 2.45) is 0 Å². The molecule has 5 aromatic rings. The number of hydrogen-bond acceptors (Lipinski definition) is 5. The van der Waals surface area contributed by atoms with E-state index in [0.29, 0.717) is 11.4 Å². The third-order valence-electron chi connectivity index (χ3n) is 4.63. The summed E-state index contributed by atoms with van der Waals surface area (Å²) in [7, 11) is 0. The minimum Gasteiger partial charge on any atom is -0.307 e. The number of hydrogen-bond donors (Lipinski definition) is 1. The SMILES string of the molecule is Cc1cc(C(=O)Nc2ccc(-c3nc4ccccc4s3)cn2)c2ccccc2n1. The predicted molar refractivity (Wildman–Crippen MR) is 117 cm³/mol. The summed E-state index contributed by atoms with van der Waals surface area (Å²) in [6.45, 7) is 1.88. The predicted octanol–water partition coefficient (Wildman–Crippen LogP) is 5.47. The molecule has 0 aliphatic carbocycles. The van der Waals surface area contributed by atoms with Crippen molar-refractivity contribution in [2.75, 3.05) is 5.32 Å². The molecule has 0 bridgehead atoms. The van der Waals surface area contributed by atoms with Gasteiger partial charge in [-0.3, -0.25) is 9.78 Å². The molecule has 0 aliphatic heterocycles. The topological polar surface area (TPSA) is 67.8 Å². The van der Waals surface area contributed by atoms with Gasteiger partial charge in [0.25, 0.3) is 5.91 Å². The van der Waals surface area contributed by atoms with Crippen molar-refractivity contribution in [3.05, 3.63) is 84.2 Å². The van der Waals surface area contributed by atoms with E-state index in [2.05, 4.69) is 26.3 Å². The number of carbonyl (C=O) groups is 1. The number of nitrogens with zero attached hydrogens (tertiary/aromatic N) is 3. The maximum atomic E-state index is 12.9. The van der Waals surface area contributed by atoms with Crippen molar-refractivity contribution in [3.8, 4) is 10.6 Å². The second-order valence-corrected chi connectivity index (χ2v) is 7.73. The van der Waals surface area contributed by atoms with Crippen molar-refractivity contribution in [2.45, 2.75) is 6.92 Å². The fourth-order valence-corrected chi connectivity index (χ4v) is 4.23. The molecule has 0 saturated heterocycles. The Morgan fingerprint density at radius 2 is 1.72 bits per heavy atom. The van der Waals surface area contributed by atoms with Gasteiger partial charge in [0.2, 0.25) is 0 Å². The first-order valence-corrected chi connectivity index (χ1v) is 9.99. The number of benzene rings is 2. The molecule has 0 saturated carbocycles. The molecular formula is C23H16N4OS. The van der Waals surface area contributed by atoms with Crippen molar-refractivity contribution in [3.63, 3.8) is 0 Å². The molecule has 6 heteroatoms. The lowest BCUT2D eigenvalue weighted by atomic mass is 10.1. The molecule has 0 aliphatic rings. The zero-order valence-corrected chi connectivity index (χ0v) is 16.4. The van der Waals surface area contributed by atoms with Crippen LogP contribution >= 0.6 is 11.3 Å². The van der Waals surface area contributed by atoms with Gasteiger partial charge in [-0.15, -0.1) is 11.3 Å². The van der Waals surface area contributed by atoms with Crippen LogP contribution in [0.1, 0.15) is 16.1 Å². The standard InChI is InChI=1S/C23H16N4OS/c1-14-12-17(16-6-2-3-7-18(16)25-14)22(28)27-21-11-10-15(13-24-21)23-26-19-8-4-5-9-20(19)29-23/h2-13H,1H3,(H,24,27,28). The quantitative estimate of drug-likeness (QED) is 0.439. The van der Waals surface area contributed by atoms with E-state index < -0.39 is 0 Å². The van der Waals surface area contributed by atoms with Gasteiger partial charge in [0.05, 0.1) is 21.3 Å². The van der Waals surface area contributed by atoms with Crippen LogP contribution in [0.3, 0.4) is 0 Å². The lowest BCUT2D eigenvalue weighted by Crippen LogP contribution is -2.14. The lowest BCUT2D eigenvalue weighted by Gasteiger charge is -2.09. The maximum Gasteiger partial charge on any atom is 0.257 e. The number of amides is 1. The molecular weight excluding hydrogens is 380 g/mol. The van der Waals surface area contributed by atoms with Gasteiger partial charge in [-0.25, -0.2) is 9.97 Å². The minimum atomic E-state index is -0.202. The van der Waals surface area contributed by atoms with Gasteiger partial charge in [0, 0.05) is 22.8 Å². The summed E-state index contributed by atoms with van der Waals surface area (Å²) in [5.41, 5.74) is 4.09. The molecule has 0 radical (unpaired) electrons. The first kappa shape index (κ1) is 17.5. The Kier molecular flexibility index (Phi) is 4.26. The molecule has 5 rings (SSSR count). The number of thiazole rings is 1. The normalized spacial score (nSPS) is 11.1. The van der Waals surface area contributed by atoms with Gasteiger partial charge in [-0.2, -0.15) is 0 Å². The number of aryl methyl sites for hydroxylation is 1. The largest absolute Gasteiger partial charge is 0.307 e. The molecule has 29 heavy (non-hydrogen) atoms. The van der Waals surface area contributed by atoms with E-state index in [9.17, 15) is 4.79 Å². The molecule has 0 unspecified atom stereocenters. The fourth-order valence-electron chi connectivity index (χ4n) is 3.27. The Balaban J connectivity index is 1.42. The zero-order valence-electron chi connectivity index (χ0n) is 15.6. The van der Waals surface area contributed by atoms with Gasteiger partial charge in [0.15, 0.2) is 0 Å². The first-order valence-electron chi connectivity index (χ1n) is 9.17. The number of pyridine rings is 2. The number of fused-ring (bicyclic) bond motifs is 2. The number of anilines is 1. The van der Waals surface area contributed by atoms with Crippen LogP contribution in [0.25, 0.3) is 31.7 Å². The Labute approximate surface area is 171 Å². The number of aromatic nitrogens is 3. The number of nitrogens with one attached hydrogen (secondary N) is 1. The third kappa shape index (κ3) is 3.34. The average Bonchev–Trinajstić information content (AvgIpc) is 3.18. The van der Waals surface area contributed by atoms with Crippen LogP contribution < -0.4 is 5.32 Å². The first-order chi connectivity index (χ1) is 14.2. The van der Waals surface area contributed by atoms with Crippen LogP contribution in [0.5, 0.6) is 0 Å². The molecule has 1 N–H and O–H groups in total. The molecule has 2 aromatic carbocycles. The summed E-state index contributed by atoms with van der Waals surface area (Å²) in [5, 5.41) is 4.62. The summed E-state index contributed by atoms with van der Waals surface area (Å²) in [5.74, 6) is 0.297. The Morgan fingerprint density at radius 3 is 2.52 bits per heavy atom. The second kappa shape index (κ2) is 7.07. The summed E-state index contributed by atoms with van der Waals surface area (Å²) in [4.78, 5) is 26.4. The maximum absolute atomic E-state index is 12.9. The average molecular weight is 396 g/mol. The summed E-state index contributed by atoms with van der Waals surface area (Å²) < 4.78 is 1.14. The van der Waals surface area contributed by atoms with Crippen LogP contribution in [0.2, 0.25) is 0 Å². The Morgan fingerprint density at radius 1 is 0.931 bits per heavy atom. The molecule has 5 nitrogen and oxygen atoms in total. The van der Waals surface area contributed by atoms with Crippen molar-refractivity contribution >= 4 is 44.2 Å². The number of carbonyl (C=O) groups excluding carboxylic acids is 1. The van der Waals surface area contributed by atoms with Crippen LogP contribution in [0.4, 0.5) is 5.82 Å². The zero-order chi connectivity index (χ0) is 19.8. The fraction of sp³-hybridized carbons (Fsp3) is 0.0435. The minimum absolute atomic E-state index is 0.202.